The first kappa shape index (κ1) is 14.3. The normalized spacial score (nSPS) is 16.6. The SMILES string of the molecule is Cc1ccc(-c2nc(C3(N)CCC3)no2)cc1Cl.Cl. The van der Waals surface area contributed by atoms with Crippen molar-refractivity contribution >= 4 is 24.0 Å². The Balaban J connectivity index is 0.00000133. The van der Waals surface area contributed by atoms with E-state index in [1.807, 2.05) is 25.1 Å². The molecule has 102 valence electrons. The van der Waals surface area contributed by atoms with Crippen LogP contribution in [0.3, 0.4) is 0 Å². The number of aromatic nitrogens is 2. The van der Waals surface area contributed by atoms with Gasteiger partial charge in [-0.1, -0.05) is 22.8 Å². The monoisotopic (exact) mass is 299 g/mol. The van der Waals surface area contributed by atoms with Crippen LogP contribution in [0.4, 0.5) is 0 Å². The summed E-state index contributed by atoms with van der Waals surface area (Å²) in [6.07, 6.45) is 2.96. The second-order valence-electron chi connectivity index (χ2n) is 4.90. The molecule has 0 spiro atoms. The van der Waals surface area contributed by atoms with E-state index < -0.39 is 5.54 Å². The lowest BCUT2D eigenvalue weighted by Crippen LogP contribution is -2.44. The fourth-order valence-corrected chi connectivity index (χ4v) is 2.23. The molecule has 1 aromatic carbocycles. The first-order valence-electron chi connectivity index (χ1n) is 5.98. The smallest absolute Gasteiger partial charge is 0.258 e. The van der Waals surface area contributed by atoms with Gasteiger partial charge in [0.2, 0.25) is 0 Å². The van der Waals surface area contributed by atoms with E-state index in [9.17, 15) is 0 Å². The first-order chi connectivity index (χ1) is 8.58. The number of nitrogens with two attached hydrogens (primary N) is 1. The van der Waals surface area contributed by atoms with Crippen molar-refractivity contribution in [2.24, 2.45) is 5.73 Å². The predicted octanol–water partition coefficient (Wildman–Crippen LogP) is 3.46. The van der Waals surface area contributed by atoms with Gasteiger partial charge in [0, 0.05) is 10.6 Å². The zero-order chi connectivity index (χ0) is 12.8. The fourth-order valence-electron chi connectivity index (χ4n) is 2.05. The summed E-state index contributed by atoms with van der Waals surface area (Å²) in [5.41, 5.74) is 7.61. The lowest BCUT2D eigenvalue weighted by molar-refractivity contribution is 0.229. The van der Waals surface area contributed by atoms with Gasteiger partial charge in [0.15, 0.2) is 5.82 Å². The summed E-state index contributed by atoms with van der Waals surface area (Å²) in [6, 6.07) is 5.68. The molecule has 0 unspecified atom stereocenters. The zero-order valence-corrected chi connectivity index (χ0v) is 12.1. The average Bonchev–Trinajstić information content (AvgIpc) is 2.79. The Kier molecular flexibility index (Phi) is 3.85. The molecule has 2 N–H and O–H groups in total. The molecule has 4 nitrogen and oxygen atoms in total. The van der Waals surface area contributed by atoms with E-state index >= 15 is 0 Å². The van der Waals surface area contributed by atoms with Crippen LogP contribution in [-0.2, 0) is 5.54 Å². The summed E-state index contributed by atoms with van der Waals surface area (Å²) in [6.45, 7) is 1.95. The summed E-state index contributed by atoms with van der Waals surface area (Å²) in [4.78, 5) is 4.38. The van der Waals surface area contributed by atoms with Gasteiger partial charge in [-0.15, -0.1) is 12.4 Å². The topological polar surface area (TPSA) is 64.9 Å². The quantitative estimate of drug-likeness (QED) is 0.922. The van der Waals surface area contributed by atoms with Crippen molar-refractivity contribution in [3.63, 3.8) is 0 Å². The van der Waals surface area contributed by atoms with Gasteiger partial charge in [-0.3, -0.25) is 0 Å². The summed E-state index contributed by atoms with van der Waals surface area (Å²) < 4.78 is 5.27. The van der Waals surface area contributed by atoms with Gasteiger partial charge in [-0.2, -0.15) is 4.98 Å². The molecule has 1 aromatic heterocycles. The van der Waals surface area contributed by atoms with Crippen LogP contribution >= 0.6 is 24.0 Å². The molecule has 0 atom stereocenters. The molecular formula is C13H15Cl2N3O. The maximum Gasteiger partial charge on any atom is 0.258 e. The molecule has 0 bridgehead atoms. The van der Waals surface area contributed by atoms with E-state index in [0.717, 1.165) is 30.4 Å². The molecule has 6 heteroatoms. The molecule has 0 radical (unpaired) electrons. The molecule has 1 saturated carbocycles. The molecule has 3 rings (SSSR count). The van der Waals surface area contributed by atoms with Crippen LogP contribution in [-0.4, -0.2) is 10.1 Å². The molecule has 1 aliphatic carbocycles. The highest BCUT2D eigenvalue weighted by Crippen LogP contribution is 2.37. The molecule has 1 fully saturated rings. The minimum Gasteiger partial charge on any atom is -0.334 e. The van der Waals surface area contributed by atoms with Crippen molar-refractivity contribution in [3.05, 3.63) is 34.6 Å². The van der Waals surface area contributed by atoms with E-state index in [0.29, 0.717) is 16.7 Å². The lowest BCUT2D eigenvalue weighted by Gasteiger charge is -2.34. The van der Waals surface area contributed by atoms with E-state index in [2.05, 4.69) is 10.1 Å². The number of hydrogen-bond donors (Lipinski definition) is 1. The molecule has 1 heterocycles. The van der Waals surface area contributed by atoms with Crippen LogP contribution in [0.2, 0.25) is 5.02 Å². The number of hydrogen-bond acceptors (Lipinski definition) is 4. The average molecular weight is 300 g/mol. The van der Waals surface area contributed by atoms with Crippen LogP contribution in [0.15, 0.2) is 22.7 Å². The number of rotatable bonds is 2. The lowest BCUT2D eigenvalue weighted by atomic mass is 9.77. The second-order valence-corrected chi connectivity index (χ2v) is 5.30. The second kappa shape index (κ2) is 5.12. The van der Waals surface area contributed by atoms with Crippen LogP contribution in [0, 0.1) is 6.92 Å². The Labute approximate surface area is 122 Å². The van der Waals surface area contributed by atoms with Crippen LogP contribution in [0.1, 0.15) is 30.7 Å². The van der Waals surface area contributed by atoms with E-state index in [4.69, 9.17) is 21.9 Å². The summed E-state index contributed by atoms with van der Waals surface area (Å²) in [7, 11) is 0. The highest BCUT2D eigenvalue weighted by molar-refractivity contribution is 6.31. The third-order valence-electron chi connectivity index (χ3n) is 3.54. The maximum absolute atomic E-state index is 6.16. The van der Waals surface area contributed by atoms with Crippen molar-refractivity contribution < 1.29 is 4.52 Å². The molecule has 0 aliphatic heterocycles. The van der Waals surface area contributed by atoms with Crippen molar-refractivity contribution in [1.82, 2.24) is 10.1 Å². The molecule has 1 aliphatic rings. The molecule has 0 saturated heterocycles. The number of nitrogens with zero attached hydrogens (tertiary/aromatic N) is 2. The highest BCUT2D eigenvalue weighted by atomic mass is 35.5. The number of aryl methyl sites for hydroxylation is 1. The maximum atomic E-state index is 6.16. The predicted molar refractivity (Wildman–Crippen MR) is 76.4 cm³/mol. The van der Waals surface area contributed by atoms with Gasteiger partial charge in [-0.25, -0.2) is 0 Å². The minimum atomic E-state index is -0.393. The van der Waals surface area contributed by atoms with Crippen molar-refractivity contribution in [2.75, 3.05) is 0 Å². The van der Waals surface area contributed by atoms with Crippen molar-refractivity contribution in [1.29, 1.82) is 0 Å². The van der Waals surface area contributed by atoms with Crippen molar-refractivity contribution in [2.45, 2.75) is 31.7 Å². The van der Waals surface area contributed by atoms with Gasteiger partial charge in [-0.05, 0) is 43.9 Å². The van der Waals surface area contributed by atoms with E-state index in [1.165, 1.54) is 0 Å². The molecule has 19 heavy (non-hydrogen) atoms. The van der Waals surface area contributed by atoms with Gasteiger partial charge in [0.05, 0.1) is 5.54 Å². The van der Waals surface area contributed by atoms with Gasteiger partial charge in [0.25, 0.3) is 5.89 Å². The Hall–Kier alpha value is -1.10. The third kappa shape index (κ3) is 2.48. The third-order valence-corrected chi connectivity index (χ3v) is 3.94. The summed E-state index contributed by atoms with van der Waals surface area (Å²) >= 11 is 6.08. The van der Waals surface area contributed by atoms with E-state index in [-0.39, 0.29) is 12.4 Å². The van der Waals surface area contributed by atoms with Crippen LogP contribution < -0.4 is 5.73 Å². The standard InChI is InChI=1S/C13H14ClN3O.ClH/c1-8-3-4-9(7-10(8)14)11-16-12(17-18-11)13(15)5-2-6-13;/h3-4,7H,2,5-6,15H2,1H3;1H. The first-order valence-corrected chi connectivity index (χ1v) is 6.36. The number of benzene rings is 1. The number of halogens is 2. The fraction of sp³-hybridized carbons (Fsp3) is 0.385. The zero-order valence-electron chi connectivity index (χ0n) is 10.5. The van der Waals surface area contributed by atoms with Crippen LogP contribution in [0.5, 0.6) is 0 Å². The largest absolute Gasteiger partial charge is 0.334 e. The summed E-state index contributed by atoms with van der Waals surface area (Å²) in [5.74, 6) is 1.07. The minimum absolute atomic E-state index is 0. The highest BCUT2D eigenvalue weighted by Gasteiger charge is 2.39. The van der Waals surface area contributed by atoms with Gasteiger partial charge < -0.3 is 10.3 Å². The Bertz CT molecular complexity index is 593. The van der Waals surface area contributed by atoms with Gasteiger partial charge >= 0.3 is 0 Å². The summed E-state index contributed by atoms with van der Waals surface area (Å²) in [5, 5.41) is 4.68. The molecule has 0 amide bonds. The Morgan fingerprint density at radius 3 is 2.68 bits per heavy atom. The van der Waals surface area contributed by atoms with Crippen molar-refractivity contribution in [3.8, 4) is 11.5 Å². The Morgan fingerprint density at radius 2 is 2.11 bits per heavy atom. The Morgan fingerprint density at radius 1 is 1.37 bits per heavy atom. The van der Waals surface area contributed by atoms with Crippen LogP contribution in [0.25, 0.3) is 11.5 Å². The van der Waals surface area contributed by atoms with E-state index in [1.54, 1.807) is 0 Å². The van der Waals surface area contributed by atoms with Gasteiger partial charge in [0.1, 0.15) is 0 Å². The molecule has 2 aromatic rings. The molecular weight excluding hydrogens is 285 g/mol.